The molecule has 5 N–H and O–H groups in total. The van der Waals surface area contributed by atoms with Gasteiger partial charge in [0.25, 0.3) is 0 Å². The maximum atomic E-state index is 11.9. The number of amides is 2. The molecule has 0 aliphatic heterocycles. The number of nitrogens with one attached hydrogen (secondary N) is 2. The SMILES string of the molecule is CCCNC(=O)C(C)NC(=O)C(N)Cc1ccc(O)cc1. The first kappa shape index (κ1) is 17.0. The summed E-state index contributed by atoms with van der Waals surface area (Å²) in [6.45, 7) is 4.16. The van der Waals surface area contributed by atoms with E-state index in [1.165, 1.54) is 0 Å². The summed E-state index contributed by atoms with van der Waals surface area (Å²) in [4.78, 5) is 23.6. The summed E-state index contributed by atoms with van der Waals surface area (Å²) < 4.78 is 0. The number of phenolic OH excluding ortho intramolecular Hbond substituents is 1. The van der Waals surface area contributed by atoms with Crippen molar-refractivity contribution in [3.05, 3.63) is 29.8 Å². The zero-order valence-corrected chi connectivity index (χ0v) is 12.4. The lowest BCUT2D eigenvalue weighted by molar-refractivity contribution is -0.129. The van der Waals surface area contributed by atoms with E-state index in [0.29, 0.717) is 13.0 Å². The molecule has 0 fully saturated rings. The lowest BCUT2D eigenvalue weighted by Crippen LogP contribution is -2.50. The molecule has 0 saturated carbocycles. The Hall–Kier alpha value is -2.08. The first-order valence-electron chi connectivity index (χ1n) is 7.05. The van der Waals surface area contributed by atoms with Gasteiger partial charge in [-0.15, -0.1) is 0 Å². The van der Waals surface area contributed by atoms with Gasteiger partial charge >= 0.3 is 0 Å². The van der Waals surface area contributed by atoms with Gasteiger partial charge in [0, 0.05) is 6.54 Å². The number of nitrogens with two attached hydrogens (primary N) is 1. The Balaban J connectivity index is 2.46. The maximum absolute atomic E-state index is 11.9. The highest BCUT2D eigenvalue weighted by Gasteiger charge is 2.19. The van der Waals surface area contributed by atoms with Gasteiger partial charge in [0.1, 0.15) is 11.8 Å². The summed E-state index contributed by atoms with van der Waals surface area (Å²) >= 11 is 0. The minimum atomic E-state index is -0.740. The van der Waals surface area contributed by atoms with Crippen LogP contribution >= 0.6 is 0 Å². The number of phenols is 1. The van der Waals surface area contributed by atoms with Crippen molar-refractivity contribution in [3.8, 4) is 5.75 Å². The molecule has 1 aromatic carbocycles. The zero-order valence-electron chi connectivity index (χ0n) is 12.4. The summed E-state index contributed by atoms with van der Waals surface area (Å²) in [6.07, 6.45) is 1.18. The second kappa shape index (κ2) is 8.26. The minimum absolute atomic E-state index is 0.165. The lowest BCUT2D eigenvalue weighted by Gasteiger charge is -2.17. The van der Waals surface area contributed by atoms with Crippen molar-refractivity contribution in [3.63, 3.8) is 0 Å². The molecule has 0 bridgehead atoms. The maximum Gasteiger partial charge on any atom is 0.242 e. The molecular weight excluding hydrogens is 270 g/mol. The van der Waals surface area contributed by atoms with Crippen LogP contribution in [0.5, 0.6) is 5.75 Å². The highest BCUT2D eigenvalue weighted by atomic mass is 16.3. The fourth-order valence-electron chi connectivity index (χ4n) is 1.77. The molecule has 2 atom stereocenters. The molecule has 2 unspecified atom stereocenters. The average Bonchev–Trinajstić information content (AvgIpc) is 2.46. The van der Waals surface area contributed by atoms with E-state index in [1.54, 1.807) is 31.2 Å². The number of rotatable bonds is 7. The van der Waals surface area contributed by atoms with Crippen LogP contribution in [-0.2, 0) is 16.0 Å². The van der Waals surface area contributed by atoms with Gasteiger partial charge in [-0.3, -0.25) is 9.59 Å². The molecule has 6 nitrogen and oxygen atoms in total. The molecule has 1 aromatic rings. The van der Waals surface area contributed by atoms with Gasteiger partial charge in [-0.05, 0) is 37.5 Å². The van der Waals surface area contributed by atoms with Crippen molar-refractivity contribution < 1.29 is 14.7 Å². The van der Waals surface area contributed by atoms with Crippen molar-refractivity contribution >= 4 is 11.8 Å². The van der Waals surface area contributed by atoms with E-state index >= 15 is 0 Å². The zero-order chi connectivity index (χ0) is 15.8. The molecule has 1 rings (SSSR count). The predicted molar refractivity (Wildman–Crippen MR) is 80.7 cm³/mol. The Labute approximate surface area is 124 Å². The van der Waals surface area contributed by atoms with E-state index in [4.69, 9.17) is 5.73 Å². The Morgan fingerprint density at radius 3 is 2.43 bits per heavy atom. The highest BCUT2D eigenvalue weighted by molar-refractivity contribution is 5.89. The molecule has 21 heavy (non-hydrogen) atoms. The Morgan fingerprint density at radius 1 is 1.24 bits per heavy atom. The molecule has 2 amide bonds. The second-order valence-electron chi connectivity index (χ2n) is 5.00. The van der Waals surface area contributed by atoms with Crippen LogP contribution in [-0.4, -0.2) is 35.5 Å². The summed E-state index contributed by atoms with van der Waals surface area (Å²) in [7, 11) is 0. The fraction of sp³-hybridized carbons (Fsp3) is 0.467. The van der Waals surface area contributed by atoms with E-state index in [0.717, 1.165) is 12.0 Å². The summed E-state index contributed by atoms with van der Waals surface area (Å²) in [5, 5.41) is 14.5. The van der Waals surface area contributed by atoms with Crippen molar-refractivity contribution in [2.45, 2.75) is 38.8 Å². The number of hydrogen-bond donors (Lipinski definition) is 4. The van der Waals surface area contributed by atoms with Crippen LogP contribution < -0.4 is 16.4 Å². The van der Waals surface area contributed by atoms with Crippen molar-refractivity contribution in [2.75, 3.05) is 6.54 Å². The van der Waals surface area contributed by atoms with Crippen LogP contribution in [0.4, 0.5) is 0 Å². The van der Waals surface area contributed by atoms with Crippen LogP contribution in [0.1, 0.15) is 25.8 Å². The standard InChI is InChI=1S/C15H23N3O3/c1-3-8-17-14(20)10(2)18-15(21)13(16)9-11-4-6-12(19)7-5-11/h4-7,10,13,19H,3,8-9,16H2,1-2H3,(H,17,20)(H,18,21). The third-order valence-electron chi connectivity index (χ3n) is 3.03. The highest BCUT2D eigenvalue weighted by Crippen LogP contribution is 2.10. The third kappa shape index (κ3) is 5.83. The van der Waals surface area contributed by atoms with Gasteiger partial charge in [0.15, 0.2) is 0 Å². The quantitative estimate of drug-likeness (QED) is 0.580. The van der Waals surface area contributed by atoms with Gasteiger partial charge in [-0.25, -0.2) is 0 Å². The molecule has 116 valence electrons. The molecule has 6 heteroatoms. The van der Waals surface area contributed by atoms with Gasteiger partial charge in [0.2, 0.25) is 11.8 Å². The van der Waals surface area contributed by atoms with Gasteiger partial charge in [-0.2, -0.15) is 0 Å². The molecule has 0 aliphatic carbocycles. The first-order chi connectivity index (χ1) is 9.93. The average molecular weight is 293 g/mol. The normalized spacial score (nSPS) is 13.3. The predicted octanol–water partition coefficient (Wildman–Crippen LogP) is 0.293. The fourth-order valence-corrected chi connectivity index (χ4v) is 1.77. The largest absolute Gasteiger partial charge is 0.508 e. The Bertz CT molecular complexity index is 474. The Kier molecular flexibility index (Phi) is 6.68. The summed E-state index contributed by atoms with van der Waals surface area (Å²) in [5.41, 5.74) is 6.68. The van der Waals surface area contributed by atoms with Gasteiger partial charge < -0.3 is 21.5 Å². The molecule has 0 aromatic heterocycles. The summed E-state index contributed by atoms with van der Waals surface area (Å²) in [5.74, 6) is -0.428. The van der Waals surface area contributed by atoms with Crippen LogP contribution in [0, 0.1) is 0 Å². The summed E-state index contributed by atoms with van der Waals surface area (Å²) in [6, 6.07) is 5.15. The van der Waals surface area contributed by atoms with Gasteiger partial charge in [0.05, 0.1) is 6.04 Å². The molecular formula is C15H23N3O3. The first-order valence-corrected chi connectivity index (χ1v) is 7.05. The van der Waals surface area contributed by atoms with E-state index in [1.807, 2.05) is 6.92 Å². The second-order valence-corrected chi connectivity index (χ2v) is 5.00. The van der Waals surface area contributed by atoms with Crippen molar-refractivity contribution in [1.82, 2.24) is 10.6 Å². The molecule has 0 aliphatic rings. The van der Waals surface area contributed by atoms with Gasteiger partial charge in [-0.1, -0.05) is 19.1 Å². The number of hydrogen-bond acceptors (Lipinski definition) is 4. The van der Waals surface area contributed by atoms with Crippen LogP contribution in [0.15, 0.2) is 24.3 Å². The van der Waals surface area contributed by atoms with Crippen LogP contribution in [0.25, 0.3) is 0 Å². The van der Waals surface area contributed by atoms with Crippen LogP contribution in [0.3, 0.4) is 0 Å². The monoisotopic (exact) mass is 293 g/mol. The number of aromatic hydroxyl groups is 1. The molecule has 0 heterocycles. The Morgan fingerprint density at radius 2 is 1.86 bits per heavy atom. The number of carbonyl (C=O) groups excluding carboxylic acids is 2. The molecule has 0 radical (unpaired) electrons. The minimum Gasteiger partial charge on any atom is -0.508 e. The van der Waals surface area contributed by atoms with E-state index in [2.05, 4.69) is 10.6 Å². The smallest absolute Gasteiger partial charge is 0.242 e. The van der Waals surface area contributed by atoms with E-state index in [-0.39, 0.29) is 17.6 Å². The lowest BCUT2D eigenvalue weighted by atomic mass is 10.1. The third-order valence-corrected chi connectivity index (χ3v) is 3.03. The number of benzene rings is 1. The van der Waals surface area contributed by atoms with Crippen molar-refractivity contribution in [2.24, 2.45) is 5.73 Å². The molecule has 0 spiro atoms. The topological polar surface area (TPSA) is 104 Å². The number of carbonyl (C=O) groups is 2. The molecule has 0 saturated heterocycles. The van der Waals surface area contributed by atoms with E-state index < -0.39 is 12.1 Å². The van der Waals surface area contributed by atoms with Crippen molar-refractivity contribution in [1.29, 1.82) is 0 Å². The van der Waals surface area contributed by atoms with E-state index in [9.17, 15) is 14.7 Å². The van der Waals surface area contributed by atoms with Crippen LogP contribution in [0.2, 0.25) is 0 Å².